The van der Waals surface area contributed by atoms with Crippen LogP contribution in [0.25, 0.3) is 11.3 Å². The molecule has 1 aromatic heterocycles. The summed E-state index contributed by atoms with van der Waals surface area (Å²) in [6, 6.07) is 7.88. The van der Waals surface area contributed by atoms with Gasteiger partial charge in [-0.1, -0.05) is 0 Å². The maximum atomic E-state index is 5.08. The summed E-state index contributed by atoms with van der Waals surface area (Å²) >= 11 is 6.56. The summed E-state index contributed by atoms with van der Waals surface area (Å²) in [5, 5.41) is 2.02. The Morgan fingerprint density at radius 2 is 2.00 bits per heavy atom. The van der Waals surface area contributed by atoms with Gasteiger partial charge in [0.05, 0.1) is 12.8 Å². The third-order valence-electron chi connectivity index (χ3n) is 1.92. The molecule has 0 aliphatic heterocycles. The number of H-pyrrole nitrogens is 1. The van der Waals surface area contributed by atoms with Crippen molar-refractivity contribution >= 4 is 23.6 Å². The highest BCUT2D eigenvalue weighted by atomic mass is 32.1. The standard InChI is InChI=1S/C10H9NOS2/c1-12-8-4-2-7(3-5-8)9-6-14-10(13)11-9/h2-6H,1H3,(H,11,13). The van der Waals surface area contributed by atoms with Gasteiger partial charge < -0.3 is 9.72 Å². The van der Waals surface area contributed by atoms with E-state index in [1.807, 2.05) is 29.6 Å². The number of methoxy groups -OCH3 is 1. The van der Waals surface area contributed by atoms with E-state index in [-0.39, 0.29) is 0 Å². The minimum atomic E-state index is 0.802. The average molecular weight is 223 g/mol. The second-order valence-electron chi connectivity index (χ2n) is 2.79. The van der Waals surface area contributed by atoms with Gasteiger partial charge in [0.2, 0.25) is 0 Å². The Labute approximate surface area is 91.2 Å². The molecule has 2 nitrogen and oxygen atoms in total. The van der Waals surface area contributed by atoms with Crippen LogP contribution < -0.4 is 4.74 Å². The minimum absolute atomic E-state index is 0.802. The van der Waals surface area contributed by atoms with Gasteiger partial charge in [0.1, 0.15) is 5.75 Å². The number of rotatable bonds is 2. The molecule has 2 aromatic rings. The SMILES string of the molecule is COc1ccc(-c2csc(=S)[nH]2)cc1. The van der Waals surface area contributed by atoms with Crippen LogP contribution in [0.2, 0.25) is 0 Å². The highest BCUT2D eigenvalue weighted by molar-refractivity contribution is 7.73. The molecule has 1 N–H and O–H groups in total. The van der Waals surface area contributed by atoms with Crippen molar-refractivity contribution in [2.45, 2.75) is 0 Å². The van der Waals surface area contributed by atoms with Gasteiger partial charge in [0, 0.05) is 5.38 Å². The quantitative estimate of drug-likeness (QED) is 0.788. The number of ether oxygens (including phenoxy) is 1. The average Bonchev–Trinajstić information content (AvgIpc) is 2.65. The van der Waals surface area contributed by atoms with Crippen LogP contribution in [0.15, 0.2) is 29.6 Å². The Morgan fingerprint density at radius 3 is 2.50 bits per heavy atom. The van der Waals surface area contributed by atoms with Crippen molar-refractivity contribution in [3.63, 3.8) is 0 Å². The Kier molecular flexibility index (Phi) is 2.65. The van der Waals surface area contributed by atoms with E-state index < -0.39 is 0 Å². The minimum Gasteiger partial charge on any atom is -0.497 e. The fourth-order valence-electron chi connectivity index (χ4n) is 1.19. The van der Waals surface area contributed by atoms with E-state index in [0.717, 1.165) is 21.0 Å². The zero-order valence-electron chi connectivity index (χ0n) is 7.61. The third kappa shape index (κ3) is 1.86. The molecule has 1 heterocycles. The first-order valence-corrected chi connectivity index (χ1v) is 5.40. The zero-order valence-corrected chi connectivity index (χ0v) is 9.24. The number of aromatic nitrogens is 1. The van der Waals surface area contributed by atoms with Crippen molar-refractivity contribution in [1.29, 1.82) is 0 Å². The number of hydrogen-bond donors (Lipinski definition) is 1. The zero-order chi connectivity index (χ0) is 9.97. The van der Waals surface area contributed by atoms with Crippen LogP contribution in [0.1, 0.15) is 0 Å². The maximum absolute atomic E-state index is 5.08. The van der Waals surface area contributed by atoms with Crippen LogP contribution in [-0.2, 0) is 0 Å². The maximum Gasteiger partial charge on any atom is 0.158 e. The first kappa shape index (κ1) is 9.43. The topological polar surface area (TPSA) is 25.0 Å². The monoisotopic (exact) mass is 223 g/mol. The highest BCUT2D eigenvalue weighted by Gasteiger charge is 1.98. The van der Waals surface area contributed by atoms with E-state index >= 15 is 0 Å². The molecule has 0 spiro atoms. The molecule has 0 atom stereocenters. The Morgan fingerprint density at radius 1 is 1.29 bits per heavy atom. The van der Waals surface area contributed by atoms with Gasteiger partial charge in [-0.25, -0.2) is 0 Å². The largest absolute Gasteiger partial charge is 0.497 e. The molecular formula is C10H9NOS2. The Hall–Kier alpha value is -1.13. The third-order valence-corrected chi connectivity index (χ3v) is 2.98. The lowest BCUT2D eigenvalue weighted by molar-refractivity contribution is 0.415. The number of thiazole rings is 1. The molecule has 0 fully saturated rings. The van der Waals surface area contributed by atoms with Gasteiger partial charge in [-0.2, -0.15) is 0 Å². The summed E-state index contributed by atoms with van der Waals surface area (Å²) in [5.41, 5.74) is 2.18. The van der Waals surface area contributed by atoms with E-state index in [0.29, 0.717) is 0 Å². The molecule has 0 saturated heterocycles. The van der Waals surface area contributed by atoms with Crippen LogP contribution in [0.4, 0.5) is 0 Å². The molecule has 0 saturated carbocycles. The van der Waals surface area contributed by atoms with E-state index in [1.54, 1.807) is 7.11 Å². The summed E-state index contributed by atoms with van der Waals surface area (Å²) < 4.78 is 5.88. The van der Waals surface area contributed by atoms with Crippen molar-refractivity contribution in [3.8, 4) is 17.0 Å². The molecule has 0 amide bonds. The summed E-state index contributed by atoms with van der Waals surface area (Å²) in [4.78, 5) is 3.12. The van der Waals surface area contributed by atoms with Gasteiger partial charge in [-0.05, 0) is 42.0 Å². The van der Waals surface area contributed by atoms with Gasteiger partial charge in [0.25, 0.3) is 0 Å². The lowest BCUT2D eigenvalue weighted by Gasteiger charge is -2.00. The van der Waals surface area contributed by atoms with Crippen molar-refractivity contribution in [2.75, 3.05) is 7.11 Å². The molecule has 4 heteroatoms. The van der Waals surface area contributed by atoms with Crippen LogP contribution >= 0.6 is 23.6 Å². The summed E-state index contributed by atoms with van der Waals surface area (Å²) in [7, 11) is 1.66. The molecule has 2 rings (SSSR count). The molecule has 14 heavy (non-hydrogen) atoms. The molecule has 0 unspecified atom stereocenters. The van der Waals surface area contributed by atoms with Crippen molar-refractivity contribution in [3.05, 3.63) is 33.6 Å². The number of benzene rings is 1. The molecule has 0 aliphatic carbocycles. The lowest BCUT2D eigenvalue weighted by atomic mass is 10.2. The van der Waals surface area contributed by atoms with E-state index in [1.165, 1.54) is 11.3 Å². The molecule has 1 aromatic carbocycles. The Balaban J connectivity index is 2.38. The molecule has 0 aliphatic rings. The smallest absolute Gasteiger partial charge is 0.158 e. The van der Waals surface area contributed by atoms with Crippen molar-refractivity contribution < 1.29 is 4.74 Å². The molecule has 0 radical (unpaired) electrons. The predicted molar refractivity (Wildman–Crippen MR) is 61.5 cm³/mol. The van der Waals surface area contributed by atoms with Crippen LogP contribution in [0.5, 0.6) is 5.75 Å². The molecular weight excluding hydrogens is 214 g/mol. The predicted octanol–water partition coefficient (Wildman–Crippen LogP) is 3.48. The number of aromatic amines is 1. The van der Waals surface area contributed by atoms with Crippen LogP contribution in [-0.4, -0.2) is 12.1 Å². The first-order valence-electron chi connectivity index (χ1n) is 4.12. The normalized spacial score (nSPS) is 10.1. The summed E-state index contributed by atoms with van der Waals surface area (Å²) in [6.45, 7) is 0. The molecule has 0 bridgehead atoms. The second-order valence-corrected chi connectivity index (χ2v) is 4.34. The first-order chi connectivity index (χ1) is 6.79. The van der Waals surface area contributed by atoms with E-state index in [4.69, 9.17) is 17.0 Å². The number of nitrogens with one attached hydrogen (secondary N) is 1. The van der Waals surface area contributed by atoms with Gasteiger partial charge >= 0.3 is 0 Å². The molecule has 72 valence electrons. The van der Waals surface area contributed by atoms with E-state index in [9.17, 15) is 0 Å². The van der Waals surface area contributed by atoms with Crippen molar-refractivity contribution in [1.82, 2.24) is 4.98 Å². The van der Waals surface area contributed by atoms with Gasteiger partial charge in [0.15, 0.2) is 3.95 Å². The van der Waals surface area contributed by atoms with E-state index in [2.05, 4.69) is 4.98 Å². The number of hydrogen-bond acceptors (Lipinski definition) is 3. The Bertz CT molecular complexity index is 469. The second kappa shape index (κ2) is 3.94. The van der Waals surface area contributed by atoms with Crippen molar-refractivity contribution in [2.24, 2.45) is 0 Å². The summed E-state index contributed by atoms with van der Waals surface area (Å²) in [5.74, 6) is 0.863. The highest BCUT2D eigenvalue weighted by Crippen LogP contribution is 2.22. The van der Waals surface area contributed by atoms with Crippen LogP contribution in [0, 0.1) is 3.95 Å². The van der Waals surface area contributed by atoms with Gasteiger partial charge in [-0.3, -0.25) is 0 Å². The van der Waals surface area contributed by atoms with Crippen LogP contribution in [0.3, 0.4) is 0 Å². The van der Waals surface area contributed by atoms with Gasteiger partial charge in [-0.15, -0.1) is 11.3 Å². The fraction of sp³-hybridized carbons (Fsp3) is 0.100. The fourth-order valence-corrected chi connectivity index (χ4v) is 2.04. The summed E-state index contributed by atoms with van der Waals surface area (Å²) in [6.07, 6.45) is 0. The lowest BCUT2D eigenvalue weighted by Crippen LogP contribution is -1.82.